The van der Waals surface area contributed by atoms with E-state index in [9.17, 15) is 9.90 Å². The highest BCUT2D eigenvalue weighted by Gasteiger charge is 2.42. The number of hydrogen-bond acceptors (Lipinski definition) is 1. The third-order valence-electron chi connectivity index (χ3n) is 3.45. The molecule has 1 aliphatic rings. The van der Waals surface area contributed by atoms with Gasteiger partial charge in [-0.2, -0.15) is 0 Å². The second kappa shape index (κ2) is 5.40. The summed E-state index contributed by atoms with van der Waals surface area (Å²) < 4.78 is 0.0266. The molecule has 98 valence electrons. The van der Waals surface area contributed by atoms with Gasteiger partial charge in [-0.25, -0.2) is 0 Å². The number of hydrogen-bond donors (Lipinski definition) is 1. The van der Waals surface area contributed by atoms with Crippen LogP contribution in [0, 0.1) is 5.92 Å². The van der Waals surface area contributed by atoms with E-state index in [4.69, 9.17) is 23.2 Å². The van der Waals surface area contributed by atoms with Gasteiger partial charge in [0.15, 0.2) is 0 Å². The van der Waals surface area contributed by atoms with Crippen molar-refractivity contribution in [2.75, 3.05) is 0 Å². The maximum Gasteiger partial charge on any atom is 0.307 e. The molecule has 0 spiro atoms. The molecule has 0 aliphatic heterocycles. The Morgan fingerprint density at radius 2 is 2.06 bits per heavy atom. The van der Waals surface area contributed by atoms with Gasteiger partial charge in [0, 0.05) is 4.47 Å². The van der Waals surface area contributed by atoms with Gasteiger partial charge in [0.2, 0.25) is 0 Å². The summed E-state index contributed by atoms with van der Waals surface area (Å²) in [6, 6.07) is 7.72. The van der Waals surface area contributed by atoms with Gasteiger partial charge in [-0.1, -0.05) is 34.1 Å². The number of benzene rings is 1. The minimum absolute atomic E-state index is 0.0382. The molecule has 1 unspecified atom stereocenters. The summed E-state index contributed by atoms with van der Waals surface area (Å²) >= 11 is 15.7. The molecule has 0 aromatic heterocycles. The highest BCUT2D eigenvalue weighted by atomic mass is 79.9. The van der Waals surface area contributed by atoms with Crippen LogP contribution in [0.25, 0.3) is 0 Å². The molecule has 1 aromatic carbocycles. The molecule has 2 rings (SSSR count). The van der Waals surface area contributed by atoms with E-state index in [2.05, 4.69) is 15.9 Å². The lowest BCUT2D eigenvalue weighted by molar-refractivity contribution is -0.143. The Kier molecular flexibility index (Phi) is 4.25. The fraction of sp³-hybridized carbons (Fsp3) is 0.462. The van der Waals surface area contributed by atoms with Crippen LogP contribution in [0.15, 0.2) is 28.7 Å². The molecule has 5 heteroatoms. The van der Waals surface area contributed by atoms with Gasteiger partial charge < -0.3 is 5.11 Å². The molecular weight excluding hydrogens is 339 g/mol. The first kappa shape index (κ1) is 14.2. The first-order valence-corrected chi connectivity index (χ1v) is 7.31. The summed E-state index contributed by atoms with van der Waals surface area (Å²) in [4.78, 5) is 11.4. The monoisotopic (exact) mass is 350 g/mol. The average Bonchev–Trinajstić information content (AvgIpc) is 2.29. The Morgan fingerprint density at radius 3 is 2.67 bits per heavy atom. The van der Waals surface area contributed by atoms with Crippen molar-refractivity contribution in [3.05, 3.63) is 34.3 Å². The first-order chi connectivity index (χ1) is 8.41. The topological polar surface area (TPSA) is 37.3 Å². The van der Waals surface area contributed by atoms with Crippen LogP contribution < -0.4 is 0 Å². The molecule has 0 heterocycles. The Labute approximate surface area is 124 Å². The van der Waals surface area contributed by atoms with E-state index in [1.807, 2.05) is 24.3 Å². The standard InChI is InChI=1S/C13H13BrCl2O2/c14-11-4-2-1-3-9(11)8-5-6-13(15,16)7-10(8)12(17)18/h1-4,8,10H,5-7H2,(H,17,18)/t8?,10-/m0/s1. The summed E-state index contributed by atoms with van der Waals surface area (Å²) in [5.41, 5.74) is 1.02. The van der Waals surface area contributed by atoms with Crippen LogP contribution in [0.4, 0.5) is 0 Å². The molecule has 2 atom stereocenters. The largest absolute Gasteiger partial charge is 0.481 e. The predicted octanol–water partition coefficient (Wildman–Crippen LogP) is 4.59. The van der Waals surface area contributed by atoms with E-state index in [0.29, 0.717) is 12.8 Å². The summed E-state index contributed by atoms with van der Waals surface area (Å²) in [7, 11) is 0. The molecular formula is C13H13BrCl2O2. The Bertz CT molecular complexity index is 462. The molecule has 0 radical (unpaired) electrons. The van der Waals surface area contributed by atoms with Crippen LogP contribution in [-0.2, 0) is 4.79 Å². The van der Waals surface area contributed by atoms with Crippen molar-refractivity contribution in [2.24, 2.45) is 5.92 Å². The van der Waals surface area contributed by atoms with Gasteiger partial charge in [-0.3, -0.25) is 4.79 Å². The average molecular weight is 352 g/mol. The number of carboxylic acids is 1. The number of carboxylic acid groups (broad SMARTS) is 1. The van der Waals surface area contributed by atoms with Crippen molar-refractivity contribution in [3.63, 3.8) is 0 Å². The van der Waals surface area contributed by atoms with Crippen molar-refractivity contribution < 1.29 is 9.90 Å². The van der Waals surface area contributed by atoms with Gasteiger partial charge in [0.25, 0.3) is 0 Å². The second-order valence-electron chi connectivity index (χ2n) is 4.67. The zero-order valence-corrected chi connectivity index (χ0v) is 12.7. The molecule has 1 aliphatic carbocycles. The number of alkyl halides is 2. The fourth-order valence-electron chi connectivity index (χ4n) is 2.54. The molecule has 1 saturated carbocycles. The van der Waals surface area contributed by atoms with Crippen LogP contribution in [0.2, 0.25) is 0 Å². The van der Waals surface area contributed by atoms with Gasteiger partial charge in [-0.15, -0.1) is 23.2 Å². The Balaban J connectivity index is 2.32. The predicted molar refractivity (Wildman–Crippen MR) is 76.3 cm³/mol. The van der Waals surface area contributed by atoms with Crippen molar-refractivity contribution in [3.8, 4) is 0 Å². The quantitative estimate of drug-likeness (QED) is 0.791. The molecule has 1 N–H and O–H groups in total. The van der Waals surface area contributed by atoms with E-state index in [1.165, 1.54) is 0 Å². The SMILES string of the molecule is O=C(O)[C@H]1CC(Cl)(Cl)CCC1c1ccccc1Br. The maximum absolute atomic E-state index is 11.4. The zero-order valence-electron chi connectivity index (χ0n) is 9.57. The number of carbonyl (C=O) groups is 1. The van der Waals surface area contributed by atoms with Crippen LogP contribution >= 0.6 is 39.1 Å². The van der Waals surface area contributed by atoms with E-state index >= 15 is 0 Å². The van der Waals surface area contributed by atoms with Gasteiger partial charge in [0.1, 0.15) is 4.33 Å². The Hall–Kier alpha value is -0.250. The molecule has 1 aromatic rings. The van der Waals surface area contributed by atoms with Crippen molar-refractivity contribution in [1.29, 1.82) is 0 Å². The molecule has 0 amide bonds. The van der Waals surface area contributed by atoms with Gasteiger partial charge in [0.05, 0.1) is 5.92 Å². The summed E-state index contributed by atoms with van der Waals surface area (Å²) in [6.07, 6.45) is 1.59. The molecule has 0 saturated heterocycles. The van der Waals surface area contributed by atoms with Crippen molar-refractivity contribution >= 4 is 45.1 Å². The Morgan fingerprint density at radius 1 is 1.39 bits per heavy atom. The minimum Gasteiger partial charge on any atom is -0.481 e. The van der Waals surface area contributed by atoms with Gasteiger partial charge in [-0.05, 0) is 36.8 Å². The van der Waals surface area contributed by atoms with Crippen molar-refractivity contribution in [2.45, 2.75) is 29.5 Å². The number of rotatable bonds is 2. The van der Waals surface area contributed by atoms with Crippen LogP contribution in [-0.4, -0.2) is 15.4 Å². The van der Waals surface area contributed by atoms with Gasteiger partial charge >= 0.3 is 5.97 Å². The lowest BCUT2D eigenvalue weighted by Gasteiger charge is -2.36. The van der Waals surface area contributed by atoms with Crippen LogP contribution in [0.3, 0.4) is 0 Å². The third kappa shape index (κ3) is 3.01. The summed E-state index contributed by atoms with van der Waals surface area (Å²) in [5, 5.41) is 9.36. The summed E-state index contributed by atoms with van der Waals surface area (Å²) in [6.45, 7) is 0. The van der Waals surface area contributed by atoms with Crippen molar-refractivity contribution in [1.82, 2.24) is 0 Å². The number of halogens is 3. The first-order valence-electron chi connectivity index (χ1n) is 5.76. The third-order valence-corrected chi connectivity index (χ3v) is 4.86. The minimum atomic E-state index is -0.916. The van der Waals surface area contributed by atoms with E-state index in [0.717, 1.165) is 10.0 Å². The number of aliphatic carboxylic acids is 1. The lowest BCUT2D eigenvalue weighted by atomic mass is 9.75. The second-order valence-corrected chi connectivity index (χ2v) is 7.17. The lowest BCUT2D eigenvalue weighted by Crippen LogP contribution is -2.34. The molecule has 18 heavy (non-hydrogen) atoms. The van der Waals surface area contributed by atoms with E-state index in [-0.39, 0.29) is 12.3 Å². The fourth-order valence-corrected chi connectivity index (χ4v) is 3.67. The van der Waals surface area contributed by atoms with E-state index in [1.54, 1.807) is 0 Å². The molecule has 2 nitrogen and oxygen atoms in total. The summed E-state index contributed by atoms with van der Waals surface area (Å²) in [5.74, 6) is -1.41. The van der Waals surface area contributed by atoms with Crippen LogP contribution in [0.5, 0.6) is 0 Å². The molecule has 1 fully saturated rings. The maximum atomic E-state index is 11.4. The smallest absolute Gasteiger partial charge is 0.307 e. The molecule has 0 bridgehead atoms. The highest BCUT2D eigenvalue weighted by molar-refractivity contribution is 9.10. The van der Waals surface area contributed by atoms with E-state index < -0.39 is 16.2 Å². The highest BCUT2D eigenvalue weighted by Crippen LogP contribution is 2.48. The zero-order chi connectivity index (χ0) is 13.3. The normalized spacial score (nSPS) is 26.8. The van der Waals surface area contributed by atoms with Crippen LogP contribution in [0.1, 0.15) is 30.7 Å².